The molecule has 6 N–H and O–H groups in total. The summed E-state index contributed by atoms with van der Waals surface area (Å²) in [7, 11) is 0. The number of benzene rings is 2. The zero-order chi connectivity index (χ0) is 39.2. The Balaban J connectivity index is 0.000000208. The third kappa shape index (κ3) is 10.7. The van der Waals surface area contributed by atoms with E-state index in [-0.39, 0.29) is 41.9 Å². The Labute approximate surface area is 330 Å². The largest absolute Gasteiger partial charge is 0.355 e. The SMILES string of the molecule is CC(C)(NC(=O)c1ccc(Cl)s1)C(=O)Nc1ccc2c(c1)CC(=O)NCC2.CC(C)(NC(=O)c1ccc(Cl)s1)C(=O)Nc1ccc2c(c1)CCNC(=O)C2. The summed E-state index contributed by atoms with van der Waals surface area (Å²) in [6, 6.07) is 17.6. The average Bonchev–Trinajstić information content (AvgIpc) is 3.64. The lowest BCUT2D eigenvalue weighted by Crippen LogP contribution is -2.52. The van der Waals surface area contributed by atoms with Crippen molar-refractivity contribution < 1.29 is 28.8 Å². The van der Waals surface area contributed by atoms with E-state index in [2.05, 4.69) is 31.9 Å². The summed E-state index contributed by atoms with van der Waals surface area (Å²) < 4.78 is 1.02. The second-order valence-corrected chi connectivity index (χ2v) is 17.2. The predicted molar refractivity (Wildman–Crippen MR) is 213 cm³/mol. The van der Waals surface area contributed by atoms with Gasteiger partial charge in [0, 0.05) is 24.5 Å². The molecule has 2 aromatic heterocycles. The molecule has 16 heteroatoms. The first-order chi connectivity index (χ1) is 25.5. The van der Waals surface area contributed by atoms with Crippen molar-refractivity contribution in [3.8, 4) is 0 Å². The molecule has 2 aliphatic rings. The van der Waals surface area contributed by atoms with Crippen molar-refractivity contribution in [3.05, 3.63) is 101 Å². The van der Waals surface area contributed by atoms with Gasteiger partial charge in [-0.3, -0.25) is 28.8 Å². The molecule has 0 radical (unpaired) electrons. The summed E-state index contributed by atoms with van der Waals surface area (Å²) in [5.74, 6) is -1.41. The Hall–Kier alpha value is -4.76. The van der Waals surface area contributed by atoms with Crippen molar-refractivity contribution >= 4 is 92.7 Å². The number of carbonyl (C=O) groups excluding carboxylic acids is 6. The van der Waals surface area contributed by atoms with Crippen molar-refractivity contribution in [3.63, 3.8) is 0 Å². The van der Waals surface area contributed by atoms with E-state index in [1.165, 1.54) is 0 Å². The van der Waals surface area contributed by atoms with E-state index in [9.17, 15) is 28.8 Å². The second-order valence-electron chi connectivity index (χ2n) is 13.8. The number of carbonyl (C=O) groups is 6. The highest BCUT2D eigenvalue weighted by molar-refractivity contribution is 7.18. The molecular weight excluding hydrogens is 771 g/mol. The molecule has 2 aromatic carbocycles. The molecule has 0 fully saturated rings. The molecule has 0 unspecified atom stereocenters. The predicted octanol–water partition coefficient (Wildman–Crippen LogP) is 5.53. The third-order valence-electron chi connectivity index (χ3n) is 8.64. The van der Waals surface area contributed by atoms with Crippen LogP contribution in [0.3, 0.4) is 0 Å². The highest BCUT2D eigenvalue weighted by Crippen LogP contribution is 2.25. The zero-order valence-electron chi connectivity index (χ0n) is 30.0. The monoisotopic (exact) mass is 810 g/mol. The minimum absolute atomic E-state index is 0.00283. The van der Waals surface area contributed by atoms with E-state index < -0.39 is 11.1 Å². The fraction of sp³-hybridized carbons (Fsp3) is 0.316. The highest BCUT2D eigenvalue weighted by atomic mass is 35.5. The number of rotatable bonds is 8. The van der Waals surface area contributed by atoms with Crippen LogP contribution in [0.2, 0.25) is 8.67 Å². The van der Waals surface area contributed by atoms with E-state index in [0.29, 0.717) is 55.7 Å². The van der Waals surface area contributed by atoms with Crippen molar-refractivity contribution in [2.75, 3.05) is 23.7 Å². The smallest absolute Gasteiger partial charge is 0.262 e. The first-order valence-electron chi connectivity index (χ1n) is 17.0. The fourth-order valence-corrected chi connectivity index (χ4v) is 7.49. The molecule has 0 saturated heterocycles. The molecule has 6 amide bonds. The van der Waals surface area contributed by atoms with Crippen LogP contribution in [0.25, 0.3) is 0 Å². The molecule has 0 saturated carbocycles. The van der Waals surface area contributed by atoms with E-state index in [1.807, 2.05) is 30.3 Å². The number of nitrogens with one attached hydrogen (secondary N) is 6. The van der Waals surface area contributed by atoms with Gasteiger partial charge in [0.15, 0.2) is 0 Å². The fourth-order valence-electron chi connectivity index (χ4n) is 5.62. The van der Waals surface area contributed by atoms with Gasteiger partial charge >= 0.3 is 0 Å². The minimum atomic E-state index is -1.13. The lowest BCUT2D eigenvalue weighted by atomic mass is 10.0. The van der Waals surface area contributed by atoms with Crippen LogP contribution in [0.1, 0.15) is 69.3 Å². The van der Waals surface area contributed by atoms with Gasteiger partial charge in [0.25, 0.3) is 11.8 Å². The van der Waals surface area contributed by atoms with Gasteiger partial charge in [-0.2, -0.15) is 0 Å². The first kappa shape index (κ1) is 40.4. The van der Waals surface area contributed by atoms with E-state index in [4.69, 9.17) is 23.2 Å². The molecule has 4 heterocycles. The van der Waals surface area contributed by atoms with E-state index in [0.717, 1.165) is 51.3 Å². The van der Waals surface area contributed by atoms with Gasteiger partial charge in [0.2, 0.25) is 23.6 Å². The van der Waals surface area contributed by atoms with Gasteiger partial charge in [-0.15, -0.1) is 22.7 Å². The van der Waals surface area contributed by atoms with Crippen LogP contribution in [0.5, 0.6) is 0 Å². The van der Waals surface area contributed by atoms with Crippen molar-refractivity contribution in [2.45, 2.75) is 64.5 Å². The summed E-state index contributed by atoms with van der Waals surface area (Å²) in [5.41, 5.74) is 2.97. The average molecular weight is 812 g/mol. The quantitative estimate of drug-likeness (QED) is 0.137. The van der Waals surface area contributed by atoms with E-state index in [1.54, 1.807) is 58.0 Å². The Morgan fingerprint density at radius 1 is 0.593 bits per heavy atom. The summed E-state index contributed by atoms with van der Waals surface area (Å²) in [6.07, 6.45) is 2.11. The van der Waals surface area contributed by atoms with Crippen LogP contribution < -0.4 is 31.9 Å². The van der Waals surface area contributed by atoms with E-state index >= 15 is 0 Å². The molecule has 0 spiro atoms. The summed E-state index contributed by atoms with van der Waals surface area (Å²) in [5, 5.41) is 16.8. The molecule has 4 aromatic rings. The van der Waals surface area contributed by atoms with Crippen LogP contribution in [0.15, 0.2) is 60.7 Å². The standard InChI is InChI=1S/2C19H20ClN3O3S/c1-19(2,23-17(25)14-5-6-15(20)27-14)18(26)22-13-4-3-11-10-16(24)21-8-7-12(11)9-13;1-19(2,23-17(25)14-5-6-15(20)27-14)18(26)22-13-4-3-11-7-8-21-16(24)10-12(11)9-13/h2*3-6,9H,7-8,10H2,1-2H3,(H,21,24)(H,22,26)(H,23,25). The Bertz CT molecular complexity index is 2110. The molecule has 0 aliphatic carbocycles. The molecule has 2 aliphatic heterocycles. The maximum atomic E-state index is 12.7. The lowest BCUT2D eigenvalue weighted by Gasteiger charge is -2.25. The number of hydrogen-bond donors (Lipinski definition) is 6. The summed E-state index contributed by atoms with van der Waals surface area (Å²) in [4.78, 5) is 74.2. The molecule has 0 bridgehead atoms. The lowest BCUT2D eigenvalue weighted by molar-refractivity contribution is -0.121. The normalized spacial score (nSPS) is 14.0. The number of amides is 6. The molecule has 284 valence electrons. The van der Waals surface area contributed by atoms with Crippen LogP contribution in [0.4, 0.5) is 11.4 Å². The van der Waals surface area contributed by atoms with Crippen molar-refractivity contribution in [1.82, 2.24) is 21.3 Å². The molecule has 0 atom stereocenters. The van der Waals surface area contributed by atoms with Gasteiger partial charge in [-0.05, 0) is 111 Å². The van der Waals surface area contributed by atoms with Crippen LogP contribution in [-0.4, -0.2) is 59.6 Å². The first-order valence-corrected chi connectivity index (χ1v) is 19.4. The number of halogens is 2. The maximum Gasteiger partial charge on any atom is 0.262 e. The Morgan fingerprint density at radius 2 is 1.02 bits per heavy atom. The molecule has 54 heavy (non-hydrogen) atoms. The van der Waals surface area contributed by atoms with Crippen LogP contribution in [0, 0.1) is 0 Å². The second kappa shape index (κ2) is 17.1. The number of thiophene rings is 2. The highest BCUT2D eigenvalue weighted by Gasteiger charge is 2.32. The zero-order valence-corrected chi connectivity index (χ0v) is 33.2. The summed E-state index contributed by atoms with van der Waals surface area (Å²) >= 11 is 14.0. The van der Waals surface area contributed by atoms with Gasteiger partial charge in [-0.25, -0.2) is 0 Å². The molecule has 6 rings (SSSR count). The summed E-state index contributed by atoms with van der Waals surface area (Å²) in [6.45, 7) is 7.74. The van der Waals surface area contributed by atoms with Crippen LogP contribution in [-0.2, 0) is 44.9 Å². The minimum Gasteiger partial charge on any atom is -0.355 e. The molecule has 12 nitrogen and oxygen atoms in total. The number of anilines is 2. The van der Waals surface area contributed by atoms with Gasteiger partial charge < -0.3 is 31.9 Å². The van der Waals surface area contributed by atoms with Crippen molar-refractivity contribution in [1.29, 1.82) is 0 Å². The topological polar surface area (TPSA) is 175 Å². The molecular formula is C38H40Cl2N6O6S2. The van der Waals surface area contributed by atoms with Gasteiger partial charge in [0.1, 0.15) is 11.1 Å². The maximum absolute atomic E-state index is 12.7. The number of hydrogen-bond acceptors (Lipinski definition) is 8. The van der Waals surface area contributed by atoms with Crippen molar-refractivity contribution in [2.24, 2.45) is 0 Å². The Kier molecular flexibility index (Phi) is 12.8. The number of fused-ring (bicyclic) bond motifs is 2. The van der Waals surface area contributed by atoms with Gasteiger partial charge in [0.05, 0.1) is 31.3 Å². The Morgan fingerprint density at radius 3 is 1.48 bits per heavy atom. The van der Waals surface area contributed by atoms with Crippen LogP contribution >= 0.6 is 45.9 Å². The van der Waals surface area contributed by atoms with Gasteiger partial charge in [-0.1, -0.05) is 35.3 Å². The third-order valence-corrected chi connectivity index (χ3v) is 11.1.